The molecule has 0 aliphatic carbocycles. The van der Waals surface area contributed by atoms with E-state index in [1.54, 1.807) is 0 Å². The molecule has 0 heterocycles. The number of hydrogen-bond acceptors (Lipinski definition) is 2. The van der Waals surface area contributed by atoms with Crippen LogP contribution in [0.1, 0.15) is 0 Å². The van der Waals surface area contributed by atoms with Crippen molar-refractivity contribution < 1.29 is 0 Å². The molecule has 3 heteroatoms. The first kappa shape index (κ1) is 10.7. The molecule has 58 valence electrons. The van der Waals surface area contributed by atoms with E-state index >= 15 is 0 Å². The van der Waals surface area contributed by atoms with Gasteiger partial charge in [-0.15, -0.1) is 0 Å². The van der Waals surface area contributed by atoms with Gasteiger partial charge in [-0.05, 0) is 24.3 Å². The van der Waals surface area contributed by atoms with E-state index in [-0.39, 0.29) is 27.3 Å². The van der Waals surface area contributed by atoms with Gasteiger partial charge >= 0.3 is 0 Å². The number of rotatable bonds is 1. The predicted molar refractivity (Wildman–Crippen MR) is 50.9 cm³/mol. The second-order valence-electron chi connectivity index (χ2n) is 2.49. The second-order valence-corrected chi connectivity index (χ2v) is 2.49. The van der Waals surface area contributed by atoms with Gasteiger partial charge in [0.25, 0.3) is 0 Å². The van der Waals surface area contributed by atoms with Crippen LogP contribution in [0.25, 0.3) is 0 Å². The third kappa shape index (κ3) is 3.09. The Bertz CT molecular complexity index is 206. The molecule has 11 heavy (non-hydrogen) atoms. The largest absolute Gasteiger partial charge is 0.399 e. The maximum absolute atomic E-state index is 5.51. The average molecular weight is 343 g/mol. The van der Waals surface area contributed by atoms with Crippen LogP contribution in [0.2, 0.25) is 0 Å². The van der Waals surface area contributed by atoms with Crippen LogP contribution in [0.4, 0.5) is 11.4 Å². The third-order valence-electron chi connectivity index (χ3n) is 1.41. The Kier molecular flexibility index (Phi) is 4.48. The molecule has 0 unspecified atom stereocenters. The van der Waals surface area contributed by atoms with Crippen molar-refractivity contribution in [2.24, 2.45) is 0 Å². The van der Waals surface area contributed by atoms with E-state index < -0.39 is 0 Å². The van der Waals surface area contributed by atoms with Gasteiger partial charge in [0.1, 0.15) is 0 Å². The van der Waals surface area contributed by atoms with Crippen LogP contribution in [-0.2, 0) is 0 Å². The Labute approximate surface area is 87.5 Å². The van der Waals surface area contributed by atoms with Crippen LogP contribution < -0.4 is 10.6 Å². The molecule has 0 saturated heterocycles. The summed E-state index contributed by atoms with van der Waals surface area (Å²) in [6, 6.07) is 7.79. The fourth-order valence-electron chi connectivity index (χ4n) is 0.772. The molecule has 2 nitrogen and oxygen atoms in total. The summed E-state index contributed by atoms with van der Waals surface area (Å²) in [4.78, 5) is 2.04. The first-order valence-electron chi connectivity index (χ1n) is 3.23. The van der Waals surface area contributed by atoms with E-state index in [4.69, 9.17) is 5.73 Å². The monoisotopic (exact) mass is 344 g/mol. The number of benzene rings is 1. The fraction of sp³-hybridized carbons (Fsp3) is 0.250. The molecule has 0 aromatic heterocycles. The molecule has 1 aromatic rings. The van der Waals surface area contributed by atoms with Crippen LogP contribution in [-0.4, -0.2) is 41.4 Å². The van der Waals surface area contributed by atoms with Crippen LogP contribution in [0.15, 0.2) is 24.3 Å². The fourth-order valence-corrected chi connectivity index (χ4v) is 0.772. The van der Waals surface area contributed by atoms with Gasteiger partial charge in [0.2, 0.25) is 0 Å². The zero-order valence-electron chi connectivity index (χ0n) is 6.83. The summed E-state index contributed by atoms with van der Waals surface area (Å²) in [6.45, 7) is 0. The van der Waals surface area contributed by atoms with Crippen molar-refractivity contribution >= 4 is 38.7 Å². The van der Waals surface area contributed by atoms with Crippen molar-refractivity contribution in [1.29, 1.82) is 0 Å². The molecular formula is C8H12N2Pb. The molecule has 0 atom stereocenters. The van der Waals surface area contributed by atoms with Gasteiger partial charge in [0.15, 0.2) is 0 Å². The number of nitrogens with zero attached hydrogens (tertiary/aromatic N) is 1. The molecule has 0 saturated carbocycles. The molecule has 1 aromatic carbocycles. The Morgan fingerprint density at radius 1 is 1.09 bits per heavy atom. The van der Waals surface area contributed by atoms with E-state index in [9.17, 15) is 0 Å². The second kappa shape index (κ2) is 4.59. The number of nitrogens with two attached hydrogens (primary N) is 1. The predicted octanol–water partition coefficient (Wildman–Crippen LogP) is 0.954. The Hall–Kier alpha value is -0.258. The molecule has 0 aliphatic rings. The van der Waals surface area contributed by atoms with Gasteiger partial charge in [0.05, 0.1) is 0 Å². The molecule has 0 spiro atoms. The van der Waals surface area contributed by atoms with E-state index in [1.807, 2.05) is 43.3 Å². The molecule has 0 aliphatic heterocycles. The standard InChI is InChI=1S/C8H12N2.Pb/c1-10(2)8-5-3-7(9)4-6-8;/h3-6H,9H2,1-2H3;. The topological polar surface area (TPSA) is 29.3 Å². The quantitative estimate of drug-likeness (QED) is 0.608. The minimum absolute atomic E-state index is 0. The van der Waals surface area contributed by atoms with E-state index in [2.05, 4.69) is 0 Å². The summed E-state index contributed by atoms with van der Waals surface area (Å²) < 4.78 is 0. The van der Waals surface area contributed by atoms with Crippen LogP contribution in [0, 0.1) is 0 Å². The summed E-state index contributed by atoms with van der Waals surface area (Å²) in [7, 11) is 4.01. The third-order valence-corrected chi connectivity index (χ3v) is 1.41. The van der Waals surface area contributed by atoms with Gasteiger partial charge in [-0.2, -0.15) is 0 Å². The number of nitrogen functional groups attached to an aromatic ring is 1. The summed E-state index contributed by atoms with van der Waals surface area (Å²) in [5.41, 5.74) is 7.49. The van der Waals surface area contributed by atoms with Crippen molar-refractivity contribution in [3.8, 4) is 0 Å². The molecule has 1 rings (SSSR count). The number of hydrogen-bond donors (Lipinski definition) is 1. The zero-order chi connectivity index (χ0) is 7.56. The molecule has 0 amide bonds. The van der Waals surface area contributed by atoms with Crippen molar-refractivity contribution in [3.63, 3.8) is 0 Å². The van der Waals surface area contributed by atoms with Crippen LogP contribution in [0.5, 0.6) is 0 Å². The van der Waals surface area contributed by atoms with Crippen molar-refractivity contribution in [2.75, 3.05) is 24.7 Å². The van der Waals surface area contributed by atoms with Crippen molar-refractivity contribution in [1.82, 2.24) is 0 Å². The van der Waals surface area contributed by atoms with Crippen molar-refractivity contribution in [2.45, 2.75) is 0 Å². The summed E-state index contributed by atoms with van der Waals surface area (Å²) in [5, 5.41) is 0. The van der Waals surface area contributed by atoms with Gasteiger partial charge < -0.3 is 10.6 Å². The normalized spacial score (nSPS) is 8.55. The minimum atomic E-state index is 0. The Morgan fingerprint density at radius 2 is 1.55 bits per heavy atom. The first-order chi connectivity index (χ1) is 4.70. The molecule has 4 radical (unpaired) electrons. The smallest absolute Gasteiger partial charge is 0.0362 e. The SMILES string of the molecule is CN(C)c1ccc(N)cc1.[Pb]. The molecule has 0 bridgehead atoms. The van der Waals surface area contributed by atoms with Crippen LogP contribution >= 0.6 is 0 Å². The zero-order valence-corrected chi connectivity index (χ0v) is 10.7. The number of anilines is 2. The maximum Gasteiger partial charge on any atom is 0.0362 e. The van der Waals surface area contributed by atoms with E-state index in [0.717, 1.165) is 5.69 Å². The van der Waals surface area contributed by atoms with Gasteiger partial charge in [-0.1, -0.05) is 0 Å². The summed E-state index contributed by atoms with van der Waals surface area (Å²) in [5.74, 6) is 0. The van der Waals surface area contributed by atoms with Gasteiger partial charge in [0, 0.05) is 52.8 Å². The molecular weight excluding hydrogens is 331 g/mol. The minimum Gasteiger partial charge on any atom is -0.399 e. The van der Waals surface area contributed by atoms with Crippen LogP contribution in [0.3, 0.4) is 0 Å². The Morgan fingerprint density at radius 3 is 1.91 bits per heavy atom. The molecule has 0 fully saturated rings. The first-order valence-corrected chi connectivity index (χ1v) is 3.23. The summed E-state index contributed by atoms with van der Waals surface area (Å²) in [6.07, 6.45) is 0. The maximum atomic E-state index is 5.51. The van der Waals surface area contributed by atoms with E-state index in [1.165, 1.54) is 5.69 Å². The van der Waals surface area contributed by atoms with Crippen molar-refractivity contribution in [3.05, 3.63) is 24.3 Å². The Balaban J connectivity index is 0.000001000. The average Bonchev–Trinajstić information content (AvgIpc) is 1.88. The van der Waals surface area contributed by atoms with Gasteiger partial charge in [-0.3, -0.25) is 0 Å². The molecule has 2 N–H and O–H groups in total. The van der Waals surface area contributed by atoms with Gasteiger partial charge in [-0.25, -0.2) is 0 Å². The van der Waals surface area contributed by atoms with E-state index in [0.29, 0.717) is 0 Å². The summed E-state index contributed by atoms with van der Waals surface area (Å²) >= 11 is 0.